The maximum Gasteiger partial charge on any atom is 0.238 e. The minimum absolute atomic E-state index is 0.105. The first-order valence-corrected chi connectivity index (χ1v) is 9.29. The molecule has 2 rings (SSSR count). The Balaban J connectivity index is 1.82. The summed E-state index contributed by atoms with van der Waals surface area (Å²) < 4.78 is 10.8. The fraction of sp³-hybridized carbons (Fsp3) is 0.632. The minimum atomic E-state index is -0.485. The second-order valence-corrected chi connectivity index (χ2v) is 6.98. The lowest BCUT2D eigenvalue weighted by molar-refractivity contribution is -0.124. The fourth-order valence-corrected chi connectivity index (χ4v) is 2.99. The Morgan fingerprint density at radius 2 is 2.00 bits per heavy atom. The lowest BCUT2D eigenvalue weighted by Crippen LogP contribution is -2.52. The third kappa shape index (κ3) is 5.59. The van der Waals surface area contributed by atoms with Crippen molar-refractivity contribution < 1.29 is 14.3 Å². The molecule has 0 aliphatic carbocycles. The summed E-state index contributed by atoms with van der Waals surface area (Å²) in [5.74, 6) is 1.47. The molecule has 1 aliphatic rings. The summed E-state index contributed by atoms with van der Waals surface area (Å²) in [5.41, 5.74) is 12.6. The molecule has 3 unspecified atom stereocenters. The number of hydrogen-bond acceptors (Lipinski definition) is 6. The number of carbonyl (C=O) groups is 1. The predicted molar refractivity (Wildman–Crippen MR) is 102 cm³/mol. The van der Waals surface area contributed by atoms with Crippen molar-refractivity contribution in [1.82, 2.24) is 10.2 Å². The van der Waals surface area contributed by atoms with Crippen LogP contribution in [0.1, 0.15) is 38.7 Å². The summed E-state index contributed by atoms with van der Waals surface area (Å²) in [6, 6.07) is 5.76. The molecule has 0 spiro atoms. The van der Waals surface area contributed by atoms with Gasteiger partial charge in [-0.05, 0) is 64.4 Å². The Kier molecular flexibility index (Phi) is 7.68. The summed E-state index contributed by atoms with van der Waals surface area (Å²) >= 11 is 0. The molecular weight excluding hydrogens is 332 g/mol. The zero-order chi connectivity index (χ0) is 19.1. The number of nitrogens with two attached hydrogens (primary N) is 2. The molecule has 0 fully saturated rings. The number of likely N-dealkylation sites (N-methyl/N-ethyl adjacent to an activating group) is 1. The monoisotopic (exact) mass is 364 g/mol. The zero-order valence-electron chi connectivity index (χ0n) is 16.0. The molecule has 1 aromatic rings. The summed E-state index contributed by atoms with van der Waals surface area (Å²) in [6.45, 7) is 5.02. The first-order valence-electron chi connectivity index (χ1n) is 9.29. The van der Waals surface area contributed by atoms with Gasteiger partial charge < -0.3 is 26.3 Å². The lowest BCUT2D eigenvalue weighted by Gasteiger charge is -2.32. The van der Waals surface area contributed by atoms with Crippen LogP contribution in [0, 0.1) is 0 Å². The number of nitrogens with one attached hydrogen (secondary N) is 1. The molecule has 5 N–H and O–H groups in total. The van der Waals surface area contributed by atoms with Gasteiger partial charge in [0.05, 0.1) is 12.2 Å². The topological polar surface area (TPSA) is 103 Å². The molecule has 0 radical (unpaired) electrons. The number of carbonyl (C=O) groups excluding carboxylic acids is 1. The molecule has 7 nitrogen and oxygen atoms in total. The average molecular weight is 364 g/mol. The van der Waals surface area contributed by atoms with Crippen LogP contribution in [0.2, 0.25) is 0 Å². The van der Waals surface area contributed by atoms with Crippen molar-refractivity contribution in [1.29, 1.82) is 0 Å². The molecule has 0 aromatic heterocycles. The van der Waals surface area contributed by atoms with Crippen LogP contribution in [0.25, 0.3) is 0 Å². The van der Waals surface area contributed by atoms with E-state index >= 15 is 0 Å². The van der Waals surface area contributed by atoms with Gasteiger partial charge >= 0.3 is 0 Å². The van der Waals surface area contributed by atoms with E-state index in [1.807, 2.05) is 26.1 Å². The number of hydrogen-bond donors (Lipinski definition) is 3. The molecule has 1 amide bonds. The van der Waals surface area contributed by atoms with E-state index in [0.717, 1.165) is 30.8 Å². The van der Waals surface area contributed by atoms with Gasteiger partial charge in [0, 0.05) is 6.04 Å². The minimum Gasteiger partial charge on any atom is -0.454 e. The molecule has 3 atom stereocenters. The summed E-state index contributed by atoms with van der Waals surface area (Å²) in [5, 5.41) is 3.00. The lowest BCUT2D eigenvalue weighted by atomic mass is 10.1. The highest BCUT2D eigenvalue weighted by atomic mass is 16.7. The van der Waals surface area contributed by atoms with Crippen LogP contribution in [0.5, 0.6) is 11.5 Å². The molecule has 0 saturated carbocycles. The highest BCUT2D eigenvalue weighted by Gasteiger charge is 2.21. The Labute approximate surface area is 156 Å². The second kappa shape index (κ2) is 9.75. The Hall–Kier alpha value is -1.83. The number of ether oxygens (including phenoxy) is 2. The van der Waals surface area contributed by atoms with Crippen LogP contribution in [0.4, 0.5) is 0 Å². The van der Waals surface area contributed by atoms with E-state index in [4.69, 9.17) is 20.9 Å². The first kappa shape index (κ1) is 20.5. The number of rotatable bonds is 10. The van der Waals surface area contributed by atoms with Gasteiger partial charge in [-0.1, -0.05) is 12.5 Å². The largest absolute Gasteiger partial charge is 0.454 e. The smallest absolute Gasteiger partial charge is 0.238 e. The third-order valence-corrected chi connectivity index (χ3v) is 4.93. The van der Waals surface area contributed by atoms with Crippen LogP contribution < -0.4 is 26.3 Å². The molecule has 0 bridgehead atoms. The van der Waals surface area contributed by atoms with Gasteiger partial charge in [0.15, 0.2) is 11.5 Å². The maximum absolute atomic E-state index is 12.2. The Morgan fingerprint density at radius 1 is 1.27 bits per heavy atom. The van der Waals surface area contributed by atoms with Gasteiger partial charge in [-0.2, -0.15) is 0 Å². The SMILES string of the molecule is CC(Cc1ccc2c(c1)OCO2)N(C)C(C)NC(=O)C(N)CCCCN. The molecule has 1 heterocycles. The average Bonchev–Trinajstić information content (AvgIpc) is 3.08. The standard InChI is InChI=1S/C19H32N4O3/c1-13(10-15-7-8-17-18(11-15)26-12-25-17)23(3)14(2)22-19(24)16(21)6-4-5-9-20/h7-8,11,13-14,16H,4-6,9-10,12,20-21H2,1-3H3,(H,22,24). The second-order valence-electron chi connectivity index (χ2n) is 6.98. The van der Waals surface area contributed by atoms with Crippen molar-refractivity contribution in [3.05, 3.63) is 23.8 Å². The number of fused-ring (bicyclic) bond motifs is 1. The number of nitrogens with zero attached hydrogens (tertiary/aromatic N) is 1. The van der Waals surface area contributed by atoms with Crippen LogP contribution >= 0.6 is 0 Å². The number of benzene rings is 1. The van der Waals surface area contributed by atoms with Gasteiger partial charge in [0.1, 0.15) is 0 Å². The van der Waals surface area contributed by atoms with Crippen molar-refractivity contribution in [3.63, 3.8) is 0 Å². The van der Waals surface area contributed by atoms with Gasteiger partial charge in [-0.25, -0.2) is 0 Å². The normalized spacial score (nSPS) is 16.4. The van der Waals surface area contributed by atoms with Crippen LogP contribution in [-0.2, 0) is 11.2 Å². The Bertz CT molecular complexity index is 596. The predicted octanol–water partition coefficient (Wildman–Crippen LogP) is 1.20. The summed E-state index contributed by atoms with van der Waals surface area (Å²) in [4.78, 5) is 14.4. The van der Waals surface area contributed by atoms with Crippen LogP contribution in [0.3, 0.4) is 0 Å². The summed E-state index contributed by atoms with van der Waals surface area (Å²) in [7, 11) is 2.00. The van der Waals surface area contributed by atoms with Crippen molar-refractivity contribution in [3.8, 4) is 11.5 Å². The van der Waals surface area contributed by atoms with Gasteiger partial charge in [-0.3, -0.25) is 9.69 Å². The van der Waals surface area contributed by atoms with Crippen molar-refractivity contribution in [2.75, 3.05) is 20.4 Å². The van der Waals surface area contributed by atoms with E-state index in [2.05, 4.69) is 23.2 Å². The van der Waals surface area contributed by atoms with Crippen molar-refractivity contribution in [2.45, 2.75) is 57.8 Å². The van der Waals surface area contributed by atoms with E-state index in [1.54, 1.807) is 0 Å². The first-order chi connectivity index (χ1) is 12.4. The summed E-state index contributed by atoms with van der Waals surface area (Å²) in [6.07, 6.45) is 3.16. The molecule has 26 heavy (non-hydrogen) atoms. The van der Waals surface area contributed by atoms with Crippen LogP contribution in [-0.4, -0.2) is 49.4 Å². The van der Waals surface area contributed by atoms with Gasteiger partial charge in [0.2, 0.25) is 12.7 Å². The molecule has 1 aromatic carbocycles. The van der Waals surface area contributed by atoms with E-state index in [0.29, 0.717) is 13.0 Å². The molecule has 146 valence electrons. The van der Waals surface area contributed by atoms with E-state index in [-0.39, 0.29) is 24.9 Å². The maximum atomic E-state index is 12.2. The molecule has 7 heteroatoms. The molecule has 1 aliphatic heterocycles. The van der Waals surface area contributed by atoms with Crippen LogP contribution in [0.15, 0.2) is 18.2 Å². The van der Waals surface area contributed by atoms with E-state index in [9.17, 15) is 4.79 Å². The third-order valence-electron chi connectivity index (χ3n) is 4.93. The van der Waals surface area contributed by atoms with Crippen molar-refractivity contribution in [2.24, 2.45) is 11.5 Å². The number of amides is 1. The van der Waals surface area contributed by atoms with Gasteiger partial charge in [0.25, 0.3) is 0 Å². The number of unbranched alkanes of at least 4 members (excludes halogenated alkanes) is 1. The molecular formula is C19H32N4O3. The quantitative estimate of drug-likeness (QED) is 0.426. The van der Waals surface area contributed by atoms with E-state index in [1.165, 1.54) is 5.56 Å². The van der Waals surface area contributed by atoms with Crippen molar-refractivity contribution >= 4 is 5.91 Å². The molecule has 0 saturated heterocycles. The highest BCUT2D eigenvalue weighted by molar-refractivity contribution is 5.81. The van der Waals surface area contributed by atoms with Gasteiger partial charge in [-0.15, -0.1) is 0 Å². The Morgan fingerprint density at radius 3 is 2.73 bits per heavy atom. The highest BCUT2D eigenvalue weighted by Crippen LogP contribution is 2.32. The fourth-order valence-electron chi connectivity index (χ4n) is 2.99. The zero-order valence-corrected chi connectivity index (χ0v) is 16.0. The van der Waals surface area contributed by atoms with E-state index < -0.39 is 6.04 Å².